The summed E-state index contributed by atoms with van der Waals surface area (Å²) in [4.78, 5) is 22.9. The van der Waals surface area contributed by atoms with E-state index in [1.165, 1.54) is 0 Å². The van der Waals surface area contributed by atoms with Crippen molar-refractivity contribution in [2.45, 2.75) is 0 Å². The molecule has 6 heteroatoms. The molecule has 0 bridgehead atoms. The Kier molecular flexibility index (Phi) is 3.89. The second kappa shape index (κ2) is 5.60. The highest BCUT2D eigenvalue weighted by molar-refractivity contribution is 7.30. The summed E-state index contributed by atoms with van der Waals surface area (Å²) >= 11 is 0. The molecule has 5 nitrogen and oxygen atoms in total. The number of benzene rings is 1. The summed E-state index contributed by atoms with van der Waals surface area (Å²) in [5.74, 6) is 0. The Bertz CT molecular complexity index is 644. The molecule has 1 aromatic carbocycles. The predicted octanol–water partition coefficient (Wildman–Crippen LogP) is 2.41. The number of hydrogen-bond acceptors (Lipinski definition) is 3. The maximum atomic E-state index is 8.70. The van der Waals surface area contributed by atoms with Gasteiger partial charge in [-0.15, -0.1) is 9.79 Å². The Balaban J connectivity index is 0.000000267. The van der Waals surface area contributed by atoms with E-state index in [1.54, 1.807) is 6.20 Å². The summed E-state index contributed by atoms with van der Waals surface area (Å²) in [7, 11) is -2.87. The zero-order valence-corrected chi connectivity index (χ0v) is 10.2. The number of hydrogen-bond donors (Lipinski definition) is 2. The van der Waals surface area contributed by atoms with Crippen LogP contribution in [-0.4, -0.2) is 19.8 Å². The summed E-state index contributed by atoms with van der Waals surface area (Å²) in [5, 5.41) is 2.28. The fourth-order valence-electron chi connectivity index (χ4n) is 1.70. The molecular weight excluding hydrogens is 251 g/mol. The minimum Gasteiger partial charge on any atom is -0.256 e. The third-order valence-electron chi connectivity index (χ3n) is 2.35. The minimum atomic E-state index is -2.87. The van der Waals surface area contributed by atoms with Crippen LogP contribution in [0.15, 0.2) is 48.8 Å². The molecule has 0 radical (unpaired) electrons. The van der Waals surface area contributed by atoms with Gasteiger partial charge in [-0.2, -0.15) is 0 Å². The van der Waals surface area contributed by atoms with Crippen molar-refractivity contribution in [3.05, 3.63) is 48.8 Å². The number of rotatable bonds is 0. The van der Waals surface area contributed by atoms with Crippen molar-refractivity contribution in [2.75, 3.05) is 0 Å². The first-order chi connectivity index (χ1) is 8.68. The molecule has 2 N–H and O–H groups in total. The molecule has 2 aromatic heterocycles. The normalized spacial score (nSPS) is 9.89. The summed E-state index contributed by atoms with van der Waals surface area (Å²) in [6.45, 7) is 0. The molecule has 90 valence electrons. The summed E-state index contributed by atoms with van der Waals surface area (Å²) < 4.78 is 8.70. The average Bonchev–Trinajstić information content (AvgIpc) is 2.38. The molecule has 0 amide bonds. The lowest BCUT2D eigenvalue weighted by Gasteiger charge is -2.00. The Hall–Kier alpha value is -1.94. The maximum absolute atomic E-state index is 8.70. The monoisotopic (exact) mass is 261 g/mol. The van der Waals surface area contributed by atoms with Gasteiger partial charge in [0.05, 0.1) is 11.0 Å². The third kappa shape index (κ3) is 2.84. The lowest BCUT2D eigenvalue weighted by atomic mass is 10.1. The fraction of sp³-hybridized carbons (Fsp3) is 0. The van der Waals surface area contributed by atoms with Crippen LogP contribution >= 0.6 is 8.25 Å². The van der Waals surface area contributed by atoms with Gasteiger partial charge in [0, 0.05) is 27.7 Å². The molecule has 0 aliphatic heterocycles. The van der Waals surface area contributed by atoms with Crippen LogP contribution in [0.4, 0.5) is 0 Å². The quantitative estimate of drug-likeness (QED) is 0.479. The number of pyridine rings is 2. The van der Waals surface area contributed by atoms with Crippen molar-refractivity contribution in [3.63, 3.8) is 0 Å². The van der Waals surface area contributed by atoms with E-state index in [-0.39, 0.29) is 0 Å². The van der Waals surface area contributed by atoms with Crippen LogP contribution in [0.25, 0.3) is 21.8 Å². The van der Waals surface area contributed by atoms with Gasteiger partial charge in [-0.25, -0.2) is 0 Å². The van der Waals surface area contributed by atoms with Crippen LogP contribution in [0.2, 0.25) is 0 Å². The molecule has 3 aromatic rings. The highest BCUT2D eigenvalue weighted by Crippen LogP contribution is 2.20. The van der Waals surface area contributed by atoms with Crippen LogP contribution in [-0.2, 0) is 4.57 Å². The van der Waals surface area contributed by atoms with Crippen LogP contribution in [0.5, 0.6) is 0 Å². The van der Waals surface area contributed by atoms with E-state index >= 15 is 0 Å². The molecule has 18 heavy (non-hydrogen) atoms. The van der Waals surface area contributed by atoms with Crippen LogP contribution in [0.1, 0.15) is 0 Å². The molecule has 3 rings (SSSR count). The number of aromatic nitrogens is 2. The zero-order valence-electron chi connectivity index (χ0n) is 9.26. The van der Waals surface area contributed by atoms with Gasteiger partial charge in [0.2, 0.25) is 0 Å². The van der Waals surface area contributed by atoms with Gasteiger partial charge in [-0.3, -0.25) is 9.97 Å². The van der Waals surface area contributed by atoms with Gasteiger partial charge in [0.1, 0.15) is 0 Å². The third-order valence-corrected chi connectivity index (χ3v) is 2.35. The van der Waals surface area contributed by atoms with E-state index in [0.717, 1.165) is 21.8 Å². The van der Waals surface area contributed by atoms with E-state index in [9.17, 15) is 0 Å². The Labute approximate surface area is 104 Å². The summed E-state index contributed by atoms with van der Waals surface area (Å²) in [5.41, 5.74) is 2.02. The fourth-order valence-corrected chi connectivity index (χ4v) is 1.70. The van der Waals surface area contributed by atoms with E-state index in [0.29, 0.717) is 0 Å². The Morgan fingerprint density at radius 3 is 2.39 bits per heavy atom. The highest BCUT2D eigenvalue weighted by Gasteiger charge is 1.99. The standard InChI is InChI=1S/C12H8N2.HO3P/c1-3-9-5-6-11-10(4-2-7-13-11)12(9)14-8-1;1-4(2)3/h1-8H;(H-,1,2,3)/p+1. The lowest BCUT2D eigenvalue weighted by molar-refractivity contribution is 0.405. The summed E-state index contributed by atoms with van der Waals surface area (Å²) in [6, 6.07) is 12.1. The molecule has 0 saturated heterocycles. The molecule has 0 fully saturated rings. The first kappa shape index (κ1) is 12.5. The Morgan fingerprint density at radius 1 is 0.944 bits per heavy atom. The molecule has 0 saturated carbocycles. The molecule has 0 aliphatic carbocycles. The van der Waals surface area contributed by atoms with Crippen molar-refractivity contribution < 1.29 is 14.4 Å². The first-order valence-electron chi connectivity index (χ1n) is 5.12. The largest absolute Gasteiger partial charge is 0.692 e. The molecule has 0 spiro atoms. The minimum absolute atomic E-state index is 0.999. The average molecular weight is 261 g/mol. The van der Waals surface area contributed by atoms with Gasteiger partial charge in [0.25, 0.3) is 0 Å². The van der Waals surface area contributed by atoms with Crippen LogP contribution < -0.4 is 0 Å². The van der Waals surface area contributed by atoms with E-state index in [2.05, 4.69) is 28.2 Å². The van der Waals surface area contributed by atoms with E-state index in [1.807, 2.05) is 24.4 Å². The van der Waals surface area contributed by atoms with Gasteiger partial charge < -0.3 is 0 Å². The molecule has 2 heterocycles. The predicted molar refractivity (Wildman–Crippen MR) is 69.1 cm³/mol. The second-order valence-corrected chi connectivity index (χ2v) is 3.97. The highest BCUT2D eigenvalue weighted by atomic mass is 31.1. The van der Waals surface area contributed by atoms with Crippen molar-refractivity contribution in [2.24, 2.45) is 0 Å². The molecule has 0 aliphatic rings. The van der Waals surface area contributed by atoms with Crippen LogP contribution in [0, 0.1) is 0 Å². The van der Waals surface area contributed by atoms with Crippen molar-refractivity contribution in [3.8, 4) is 0 Å². The molecule has 0 atom stereocenters. The van der Waals surface area contributed by atoms with Gasteiger partial charge in [0.15, 0.2) is 0 Å². The lowest BCUT2D eigenvalue weighted by Crippen LogP contribution is -1.82. The van der Waals surface area contributed by atoms with Gasteiger partial charge >= 0.3 is 8.25 Å². The van der Waals surface area contributed by atoms with Crippen LogP contribution in [0.3, 0.4) is 0 Å². The summed E-state index contributed by atoms with van der Waals surface area (Å²) in [6.07, 6.45) is 3.62. The number of fused-ring (bicyclic) bond motifs is 3. The maximum Gasteiger partial charge on any atom is 0.692 e. The molecule has 0 unspecified atom stereocenters. The van der Waals surface area contributed by atoms with E-state index in [4.69, 9.17) is 14.4 Å². The van der Waals surface area contributed by atoms with Crippen molar-refractivity contribution in [1.82, 2.24) is 9.97 Å². The second-order valence-electron chi connectivity index (χ2n) is 3.46. The smallest absolute Gasteiger partial charge is 0.256 e. The van der Waals surface area contributed by atoms with Gasteiger partial charge in [-0.05, 0) is 24.3 Å². The van der Waals surface area contributed by atoms with Gasteiger partial charge in [-0.1, -0.05) is 12.1 Å². The SMILES string of the molecule is O=[P+](O)O.c1cnc2c(c1)ccc1ncccc12. The van der Waals surface area contributed by atoms with Crippen molar-refractivity contribution in [1.29, 1.82) is 0 Å². The zero-order chi connectivity index (χ0) is 13.0. The van der Waals surface area contributed by atoms with E-state index < -0.39 is 8.25 Å². The van der Waals surface area contributed by atoms with Crippen molar-refractivity contribution >= 4 is 30.1 Å². The Morgan fingerprint density at radius 2 is 1.61 bits per heavy atom. The number of nitrogens with zero attached hydrogens (tertiary/aromatic N) is 2. The first-order valence-corrected chi connectivity index (χ1v) is 6.28. The molecular formula is C12H10N2O3P+. The topological polar surface area (TPSA) is 83.3 Å².